The molecule has 0 bridgehead atoms. The second-order valence-corrected chi connectivity index (χ2v) is 36.1. The Kier molecular flexibility index (Phi) is 21.3. The molecule has 0 amide bonds. The molecule has 0 spiro atoms. The van der Waals surface area contributed by atoms with Crippen LogP contribution in [0, 0.1) is 49.4 Å². The van der Waals surface area contributed by atoms with Gasteiger partial charge in [-0.3, -0.25) is 19.2 Å². The van der Waals surface area contributed by atoms with Gasteiger partial charge in [-0.2, -0.15) is 0 Å². The van der Waals surface area contributed by atoms with Crippen molar-refractivity contribution in [2.24, 2.45) is 49.9 Å². The number of hydrogen-bond acceptors (Lipinski definition) is 4. The molecule has 12 aromatic rings. The summed E-state index contributed by atoms with van der Waals surface area (Å²) in [6.45, 7) is 50.6. The van der Waals surface area contributed by atoms with Crippen LogP contribution in [0.1, 0.15) is 154 Å². The summed E-state index contributed by atoms with van der Waals surface area (Å²) < 4.78 is 18.1. The summed E-state index contributed by atoms with van der Waals surface area (Å²) in [4.78, 5) is 9.73. The smallest absolute Gasteiger partial charge is 0.293 e. The van der Waals surface area contributed by atoms with Gasteiger partial charge in [-0.25, -0.2) is 18.3 Å². The van der Waals surface area contributed by atoms with Gasteiger partial charge in [0, 0.05) is 69.5 Å². The molecule has 4 aliphatic rings. The molecule has 16 rings (SSSR count). The SMILES string of the molecule is CB1c2ccccc2C(C(C)(C)C)=CN1c1cc(C)c2c(C)cccc2[n+]1C.CB1c2ccccc2C(C(C)(C)C)=CN1c1cc(C)c2ccccc2[n+]1C.CB1c2ccccc2C(C(C)(C)C)=CN1c1ccc2c(C)cccc2[n+]1C.[2H]C(C)(C)c1cc(N2C=C(C(C)(C)C)c3ccccc3B2C)[n+](C)c2ccccc12. The lowest BCUT2D eigenvalue weighted by Crippen LogP contribution is -2.52. The van der Waals surface area contributed by atoms with E-state index < -0.39 is 5.89 Å². The van der Waals surface area contributed by atoms with Gasteiger partial charge in [0.2, 0.25) is 0 Å². The van der Waals surface area contributed by atoms with Crippen molar-refractivity contribution in [1.29, 1.82) is 0 Å². The average molecular weight is 1460 g/mol. The van der Waals surface area contributed by atoms with Crippen LogP contribution in [0.5, 0.6) is 0 Å². The van der Waals surface area contributed by atoms with Gasteiger partial charge in [-0.05, 0) is 185 Å². The number of aryl methyl sites for hydroxylation is 8. The molecule has 0 N–H and O–H groups in total. The number of para-hydroxylation sites is 2. The van der Waals surface area contributed by atoms with Crippen molar-refractivity contribution >= 4 is 138 Å². The molecular weight excluding hydrogens is 1340 g/mol. The second kappa shape index (κ2) is 30.5. The van der Waals surface area contributed by atoms with Crippen LogP contribution in [0.15, 0.2) is 237 Å². The molecule has 8 aromatic carbocycles. The predicted molar refractivity (Wildman–Crippen MR) is 484 cm³/mol. The van der Waals surface area contributed by atoms with Crippen molar-refractivity contribution in [3.05, 3.63) is 287 Å². The Morgan fingerprint density at radius 1 is 0.297 bits per heavy atom. The van der Waals surface area contributed by atoms with Gasteiger partial charge < -0.3 is 0 Å². The highest BCUT2D eigenvalue weighted by Crippen LogP contribution is 2.43. The minimum absolute atomic E-state index is 0.0292. The zero-order chi connectivity index (χ0) is 80.7. The number of nitrogens with zero attached hydrogens (tertiary/aromatic N) is 8. The molecule has 12 heteroatoms. The van der Waals surface area contributed by atoms with Crippen molar-refractivity contribution in [1.82, 2.24) is 0 Å². The molecule has 111 heavy (non-hydrogen) atoms. The molecule has 0 aliphatic carbocycles. The third-order valence-electron chi connectivity index (χ3n) is 24.0. The van der Waals surface area contributed by atoms with Crippen molar-refractivity contribution in [3.8, 4) is 0 Å². The van der Waals surface area contributed by atoms with E-state index in [-0.39, 0.29) is 35.4 Å². The fourth-order valence-electron chi connectivity index (χ4n) is 17.7. The number of allylic oxidation sites excluding steroid dienone is 4. The normalized spacial score (nSPS) is 14.6. The lowest BCUT2D eigenvalue weighted by Gasteiger charge is -2.33. The minimum atomic E-state index is -0.684. The molecule has 0 saturated heterocycles. The topological polar surface area (TPSA) is 28.5 Å². The molecular formula is C99H118B4N8+4. The molecule has 0 radical (unpaired) electrons. The largest absolute Gasteiger partial charge is 0.409 e. The van der Waals surface area contributed by atoms with E-state index in [1.54, 1.807) is 0 Å². The van der Waals surface area contributed by atoms with Crippen LogP contribution in [0.2, 0.25) is 27.3 Å². The van der Waals surface area contributed by atoms with Gasteiger partial charge in [-0.1, -0.05) is 255 Å². The molecule has 0 fully saturated rings. The zero-order valence-electron chi connectivity index (χ0n) is 72.4. The molecule has 0 unspecified atom stereocenters. The van der Waals surface area contributed by atoms with Crippen molar-refractivity contribution in [3.63, 3.8) is 0 Å². The predicted octanol–water partition coefficient (Wildman–Crippen LogP) is 20.0. The van der Waals surface area contributed by atoms with Crippen LogP contribution in [0.3, 0.4) is 0 Å². The minimum Gasteiger partial charge on any atom is -0.293 e. The van der Waals surface area contributed by atoms with Gasteiger partial charge in [0.15, 0.2) is 0 Å². The Bertz CT molecular complexity index is 5780. The van der Waals surface area contributed by atoms with Crippen LogP contribution < -0.4 is 59.4 Å². The van der Waals surface area contributed by atoms with Crippen LogP contribution >= 0.6 is 0 Å². The number of hydrogen-bond donors (Lipinski definition) is 0. The van der Waals surface area contributed by atoms with Gasteiger partial charge in [0.1, 0.15) is 22.1 Å². The molecule has 4 aliphatic heterocycles. The monoisotopic (exact) mass is 1460 g/mol. The average Bonchev–Trinajstić information content (AvgIpc) is 0.746. The van der Waals surface area contributed by atoms with E-state index in [4.69, 9.17) is 1.37 Å². The molecule has 0 atom stereocenters. The van der Waals surface area contributed by atoms with Crippen LogP contribution in [0.25, 0.3) is 65.9 Å². The molecule has 8 nitrogen and oxygen atoms in total. The number of fused-ring (bicyclic) bond motifs is 8. The summed E-state index contributed by atoms with van der Waals surface area (Å²) >= 11 is 0. The van der Waals surface area contributed by atoms with Crippen LogP contribution in [-0.2, 0) is 28.2 Å². The summed E-state index contributed by atoms with van der Waals surface area (Å²) in [5.74, 6) is 4.12. The summed E-state index contributed by atoms with van der Waals surface area (Å²) in [5, 5.41) is 5.13. The second-order valence-electron chi connectivity index (χ2n) is 36.1. The maximum absolute atomic E-state index is 8.80. The quantitative estimate of drug-likeness (QED) is 0.127. The van der Waals surface area contributed by atoms with Gasteiger partial charge >= 0.3 is 27.4 Å². The molecule has 8 heterocycles. The molecule has 562 valence electrons. The highest BCUT2D eigenvalue weighted by atomic mass is 15.2. The van der Waals surface area contributed by atoms with Crippen molar-refractivity contribution < 1.29 is 19.6 Å². The Balaban J connectivity index is 0.000000131. The summed E-state index contributed by atoms with van der Waals surface area (Å²) in [7, 11) is 8.68. The van der Waals surface area contributed by atoms with Crippen LogP contribution in [-0.4, -0.2) is 27.4 Å². The number of aromatic nitrogens is 4. The third kappa shape index (κ3) is 14.9. The zero-order valence-corrected chi connectivity index (χ0v) is 71.4. The number of pyridine rings is 4. The Morgan fingerprint density at radius 2 is 0.586 bits per heavy atom. The van der Waals surface area contributed by atoms with E-state index in [1.165, 1.54) is 139 Å². The van der Waals surface area contributed by atoms with E-state index in [9.17, 15) is 0 Å². The maximum Gasteiger partial charge on any atom is 0.409 e. The maximum atomic E-state index is 8.80. The first-order chi connectivity index (χ1) is 52.8. The van der Waals surface area contributed by atoms with Crippen LogP contribution in [0.4, 0.5) is 23.3 Å². The fourth-order valence-corrected chi connectivity index (χ4v) is 17.7. The van der Waals surface area contributed by atoms with Gasteiger partial charge in [0.05, 0.1) is 53.0 Å². The lowest BCUT2D eigenvalue weighted by atomic mass is 9.52. The first-order valence-electron chi connectivity index (χ1n) is 40.8. The van der Waals surface area contributed by atoms with E-state index >= 15 is 0 Å². The van der Waals surface area contributed by atoms with E-state index in [2.05, 4.69) is 441 Å². The van der Waals surface area contributed by atoms with Crippen molar-refractivity contribution in [2.45, 2.75) is 158 Å². The van der Waals surface area contributed by atoms with Gasteiger partial charge in [-0.15, -0.1) is 0 Å². The Labute approximate surface area is 668 Å². The van der Waals surface area contributed by atoms with Crippen molar-refractivity contribution in [2.75, 3.05) is 19.2 Å². The Morgan fingerprint density at radius 3 is 0.982 bits per heavy atom. The lowest BCUT2D eigenvalue weighted by molar-refractivity contribution is -0.631. The first-order valence-corrected chi connectivity index (χ1v) is 40.3. The standard InChI is InChI=1S/C26H32BN2.C25H30BN2.2C24H28BN2/c1-18(2)21-16-25(28(7)24-15-11-9-12-19(21)24)29-17-22(26(3,4)5)20-13-8-10-14-23(20)27(29)6;1-17-11-10-14-22-24(17)18(2)15-23(27(22)7)28-16-20(25(3,4)5)19-12-8-9-13-21(19)26(28)6;1-17-15-23(26(6)22-14-10-8-11-18(17)22)27-16-20(24(2,3)4)19-12-7-9-13-21(19)25(27)5;1-17-10-9-13-22-18(17)14-15-23(26(22)6)27-16-20(24(2,3)4)19-11-7-8-12-21(19)25(27)5/h8-18H,1-7H3;8-16H,1-7H3;2*7-16H,1-6H3/q4*+1/i18D;;;. The third-order valence-corrected chi connectivity index (χ3v) is 24.0. The van der Waals surface area contributed by atoms with E-state index in [0.717, 1.165) is 22.3 Å². The number of rotatable bonds is 5. The molecule has 0 saturated carbocycles. The Hall–Kier alpha value is -10.2. The highest BCUT2D eigenvalue weighted by molar-refractivity contribution is 6.79. The number of anilines is 4. The molecule has 4 aromatic heterocycles. The van der Waals surface area contributed by atoms with E-state index in [1.807, 2.05) is 13.8 Å². The number of benzene rings is 8. The first kappa shape index (κ1) is 77.5. The summed E-state index contributed by atoms with van der Waals surface area (Å²) in [6, 6.07) is 77.0. The van der Waals surface area contributed by atoms with Gasteiger partial charge in [0.25, 0.3) is 23.3 Å². The van der Waals surface area contributed by atoms with E-state index in [0.29, 0.717) is 13.7 Å². The highest BCUT2D eigenvalue weighted by Gasteiger charge is 2.44. The summed E-state index contributed by atoms with van der Waals surface area (Å²) in [5.41, 5.74) is 28.2. The summed E-state index contributed by atoms with van der Waals surface area (Å²) in [6.07, 6.45) is 9.45. The fraction of sp³-hybridized carbons (Fsp3) is 0.313.